The number of esters is 1. The van der Waals surface area contributed by atoms with Crippen molar-refractivity contribution < 1.29 is 23.5 Å². The third kappa shape index (κ3) is 4.81. The third-order valence-corrected chi connectivity index (χ3v) is 8.34. The van der Waals surface area contributed by atoms with E-state index >= 15 is 4.39 Å². The first-order chi connectivity index (χ1) is 14.4. The second-order valence-electron chi connectivity index (χ2n) is 8.90. The maximum absolute atomic E-state index is 15.2. The van der Waals surface area contributed by atoms with Crippen molar-refractivity contribution in [2.24, 2.45) is 0 Å². The van der Waals surface area contributed by atoms with Gasteiger partial charge in [-0.15, -0.1) is 11.3 Å². The predicted molar refractivity (Wildman–Crippen MR) is 123 cm³/mol. The molecule has 168 valence electrons. The molecule has 0 aromatic carbocycles. The molecule has 5 nitrogen and oxygen atoms in total. The van der Waals surface area contributed by atoms with E-state index in [1.807, 2.05) is 0 Å². The van der Waals surface area contributed by atoms with Gasteiger partial charge in [0, 0.05) is 32.6 Å². The molecule has 2 heterocycles. The number of amides is 1. The fourth-order valence-electron chi connectivity index (χ4n) is 3.99. The SMILES string of the molecule is COC1=C(F)CC2C(=C1CC[Si](C)(C)C)C(OC(C)=O)=C(C)N2C(=O)c1ccc(Cl)s1. The highest BCUT2D eigenvalue weighted by atomic mass is 35.5. The van der Waals surface area contributed by atoms with Crippen molar-refractivity contribution in [2.75, 3.05) is 7.11 Å². The number of hydrogen-bond acceptors (Lipinski definition) is 5. The highest BCUT2D eigenvalue weighted by Gasteiger charge is 2.46. The van der Waals surface area contributed by atoms with Crippen LogP contribution in [0.3, 0.4) is 0 Å². The topological polar surface area (TPSA) is 55.8 Å². The summed E-state index contributed by atoms with van der Waals surface area (Å²) in [4.78, 5) is 27.2. The van der Waals surface area contributed by atoms with Crippen molar-refractivity contribution in [3.63, 3.8) is 0 Å². The van der Waals surface area contributed by atoms with Gasteiger partial charge in [-0.2, -0.15) is 0 Å². The van der Waals surface area contributed by atoms with E-state index in [2.05, 4.69) is 19.6 Å². The molecule has 1 aromatic rings. The van der Waals surface area contributed by atoms with E-state index in [1.165, 1.54) is 18.9 Å². The Hall–Kier alpha value is -1.90. The number of thiophene rings is 1. The van der Waals surface area contributed by atoms with Gasteiger partial charge in [0.25, 0.3) is 5.91 Å². The van der Waals surface area contributed by atoms with Gasteiger partial charge >= 0.3 is 5.97 Å². The van der Waals surface area contributed by atoms with Crippen LogP contribution >= 0.6 is 22.9 Å². The first-order valence-electron chi connectivity index (χ1n) is 10.1. The maximum Gasteiger partial charge on any atom is 0.308 e. The average molecular weight is 484 g/mol. The minimum atomic E-state index is -1.46. The molecule has 2 aliphatic rings. The van der Waals surface area contributed by atoms with Crippen LogP contribution in [-0.4, -0.2) is 38.0 Å². The lowest BCUT2D eigenvalue weighted by atomic mass is 9.89. The smallest absolute Gasteiger partial charge is 0.308 e. The Morgan fingerprint density at radius 1 is 1.29 bits per heavy atom. The molecule has 0 spiro atoms. The Kier molecular flexibility index (Phi) is 6.83. The first-order valence-corrected chi connectivity index (χ1v) is 15.0. The van der Waals surface area contributed by atoms with Crippen molar-refractivity contribution in [3.8, 4) is 0 Å². The molecule has 0 radical (unpaired) electrons. The Bertz CT molecular complexity index is 1020. The molecule has 1 aromatic heterocycles. The lowest BCUT2D eigenvalue weighted by Crippen LogP contribution is -2.37. The van der Waals surface area contributed by atoms with Gasteiger partial charge in [0.2, 0.25) is 0 Å². The molecule has 3 rings (SSSR count). The fraction of sp³-hybridized carbons (Fsp3) is 0.455. The Balaban J connectivity index is 2.16. The van der Waals surface area contributed by atoms with E-state index in [1.54, 1.807) is 19.1 Å². The lowest BCUT2D eigenvalue weighted by Gasteiger charge is -2.31. The second kappa shape index (κ2) is 8.92. The third-order valence-electron chi connectivity index (χ3n) is 5.38. The van der Waals surface area contributed by atoms with Crippen LogP contribution < -0.4 is 0 Å². The van der Waals surface area contributed by atoms with Gasteiger partial charge in [0.15, 0.2) is 11.5 Å². The van der Waals surface area contributed by atoms with E-state index in [-0.39, 0.29) is 18.1 Å². The van der Waals surface area contributed by atoms with Gasteiger partial charge < -0.3 is 9.47 Å². The summed E-state index contributed by atoms with van der Waals surface area (Å²) in [5.74, 6) is -0.679. The standard InChI is InChI=1S/C22H27ClFNO4SSi/c1-12-20(29-13(2)26)19-14(9-10-31(4,5)6)21(28-3)15(24)11-16(19)25(12)22(27)17-7-8-18(23)30-17/h7-8,16H,9-11H2,1-6H3. The molecular formula is C22H27ClFNO4SSi. The summed E-state index contributed by atoms with van der Waals surface area (Å²) in [6, 6.07) is 3.61. The van der Waals surface area contributed by atoms with Gasteiger partial charge in [-0.1, -0.05) is 37.3 Å². The van der Waals surface area contributed by atoms with E-state index < -0.39 is 25.9 Å². The number of allylic oxidation sites excluding steroid dienone is 2. The highest BCUT2D eigenvalue weighted by molar-refractivity contribution is 7.18. The minimum absolute atomic E-state index is 0.0398. The van der Waals surface area contributed by atoms with Crippen LogP contribution in [0, 0.1) is 0 Å². The number of nitrogens with zero attached hydrogens (tertiary/aromatic N) is 1. The Morgan fingerprint density at radius 3 is 2.48 bits per heavy atom. The summed E-state index contributed by atoms with van der Waals surface area (Å²) < 4.78 is 26.7. The molecular weight excluding hydrogens is 457 g/mol. The number of halogens is 2. The van der Waals surface area contributed by atoms with Gasteiger partial charge in [0.05, 0.1) is 28.1 Å². The quantitative estimate of drug-likeness (QED) is 0.353. The van der Waals surface area contributed by atoms with Crippen LogP contribution in [0.5, 0.6) is 0 Å². The second-order valence-corrected chi connectivity index (χ2v) is 16.2. The molecule has 1 atom stereocenters. The largest absolute Gasteiger partial charge is 0.494 e. The summed E-state index contributed by atoms with van der Waals surface area (Å²) in [5.41, 5.74) is 1.83. The Labute approximate surface area is 192 Å². The molecule has 0 fully saturated rings. The fourth-order valence-corrected chi connectivity index (χ4v) is 5.98. The Morgan fingerprint density at radius 2 is 1.97 bits per heavy atom. The zero-order valence-corrected chi connectivity index (χ0v) is 21.2. The monoisotopic (exact) mass is 483 g/mol. The molecule has 1 unspecified atom stereocenters. The summed E-state index contributed by atoms with van der Waals surface area (Å²) in [6.45, 7) is 9.76. The molecule has 0 saturated heterocycles. The van der Waals surface area contributed by atoms with Crippen molar-refractivity contribution in [1.29, 1.82) is 0 Å². The number of hydrogen-bond donors (Lipinski definition) is 0. The summed E-state index contributed by atoms with van der Waals surface area (Å²) >= 11 is 7.19. The zero-order chi connectivity index (χ0) is 23.1. The van der Waals surface area contributed by atoms with Crippen LogP contribution in [0.1, 0.15) is 36.4 Å². The average Bonchev–Trinajstić information content (AvgIpc) is 3.20. The number of carbonyl (C=O) groups excluding carboxylic acids is 2. The predicted octanol–water partition coefficient (Wildman–Crippen LogP) is 6.28. The van der Waals surface area contributed by atoms with Crippen molar-refractivity contribution in [2.45, 2.75) is 58.4 Å². The first kappa shape index (κ1) is 23.8. The van der Waals surface area contributed by atoms with Gasteiger partial charge in [-0.25, -0.2) is 4.39 Å². The molecule has 1 aliphatic carbocycles. The van der Waals surface area contributed by atoms with Crippen LogP contribution in [0.15, 0.2) is 46.3 Å². The van der Waals surface area contributed by atoms with Crippen LogP contribution in [0.4, 0.5) is 4.39 Å². The minimum Gasteiger partial charge on any atom is -0.494 e. The molecule has 0 N–H and O–H groups in total. The lowest BCUT2D eigenvalue weighted by molar-refractivity contribution is -0.136. The van der Waals surface area contributed by atoms with Gasteiger partial charge in [-0.3, -0.25) is 14.5 Å². The highest BCUT2D eigenvalue weighted by Crippen LogP contribution is 2.47. The number of fused-ring (bicyclic) bond motifs is 1. The maximum atomic E-state index is 15.2. The molecule has 9 heteroatoms. The molecule has 1 amide bonds. The molecule has 0 bridgehead atoms. The zero-order valence-electron chi connectivity index (χ0n) is 18.6. The van der Waals surface area contributed by atoms with E-state index in [0.29, 0.717) is 38.2 Å². The molecule has 1 aliphatic heterocycles. The molecule has 0 saturated carbocycles. The van der Waals surface area contributed by atoms with Crippen molar-refractivity contribution in [1.82, 2.24) is 4.90 Å². The van der Waals surface area contributed by atoms with Crippen molar-refractivity contribution >= 4 is 42.9 Å². The van der Waals surface area contributed by atoms with Crippen LogP contribution in [0.2, 0.25) is 30.0 Å². The molecule has 31 heavy (non-hydrogen) atoms. The number of rotatable bonds is 6. The summed E-state index contributed by atoms with van der Waals surface area (Å²) in [6.07, 6.45) is 0.547. The summed E-state index contributed by atoms with van der Waals surface area (Å²) in [7, 11) is -0.0190. The number of ether oxygens (including phenoxy) is 2. The number of methoxy groups -OCH3 is 1. The normalized spacial score (nSPS) is 19.2. The summed E-state index contributed by atoms with van der Waals surface area (Å²) in [5, 5.41) is 0. The van der Waals surface area contributed by atoms with Crippen LogP contribution in [-0.2, 0) is 14.3 Å². The van der Waals surface area contributed by atoms with Crippen LogP contribution in [0.25, 0.3) is 0 Å². The number of carbonyl (C=O) groups is 2. The van der Waals surface area contributed by atoms with Gasteiger partial charge in [-0.05, 0) is 25.5 Å². The van der Waals surface area contributed by atoms with Crippen molar-refractivity contribution in [3.05, 3.63) is 55.5 Å². The van der Waals surface area contributed by atoms with E-state index in [0.717, 1.165) is 17.4 Å². The van der Waals surface area contributed by atoms with E-state index in [9.17, 15) is 9.59 Å². The van der Waals surface area contributed by atoms with E-state index in [4.69, 9.17) is 21.1 Å². The van der Waals surface area contributed by atoms with Gasteiger partial charge in [0.1, 0.15) is 5.83 Å².